The van der Waals surface area contributed by atoms with Crippen molar-refractivity contribution in [3.05, 3.63) is 52.5 Å². The highest BCUT2D eigenvalue weighted by Gasteiger charge is 2.06. The molecule has 0 aliphatic carbocycles. The maximum atomic E-state index is 6.14. The Kier molecular flexibility index (Phi) is 3.37. The maximum absolute atomic E-state index is 6.14. The average Bonchev–Trinajstić information content (AvgIpc) is 2.33. The Bertz CT molecular complexity index is 492. The zero-order valence-electron chi connectivity index (χ0n) is 8.71. The molecule has 0 heterocycles. The molecule has 2 aromatic carbocycles. The second kappa shape index (κ2) is 4.77. The van der Waals surface area contributed by atoms with Gasteiger partial charge in [-0.05, 0) is 23.8 Å². The van der Waals surface area contributed by atoms with E-state index >= 15 is 0 Å². The van der Waals surface area contributed by atoms with Crippen LogP contribution in [0.4, 0.5) is 0 Å². The lowest BCUT2D eigenvalue weighted by Gasteiger charge is -2.06. The van der Waals surface area contributed by atoms with Crippen molar-refractivity contribution in [3.8, 4) is 16.9 Å². The molecule has 0 amide bonds. The third-order valence-corrected chi connectivity index (χ3v) is 3.17. The second-order valence-corrected chi connectivity index (χ2v) is 4.12. The molecule has 2 rings (SSSR count). The SMILES string of the molecule is COc1ccc(-c2cccc(Cl)c2Cl)cc1. The molecule has 82 valence electrons. The predicted octanol–water partition coefficient (Wildman–Crippen LogP) is 4.67. The van der Waals surface area contributed by atoms with Gasteiger partial charge in [-0.15, -0.1) is 0 Å². The van der Waals surface area contributed by atoms with Crippen LogP contribution in [-0.2, 0) is 0 Å². The molecule has 3 heteroatoms. The van der Waals surface area contributed by atoms with E-state index in [1.165, 1.54) is 0 Å². The van der Waals surface area contributed by atoms with Crippen molar-refractivity contribution >= 4 is 23.2 Å². The Morgan fingerprint density at radius 1 is 0.938 bits per heavy atom. The van der Waals surface area contributed by atoms with Gasteiger partial charge in [-0.25, -0.2) is 0 Å². The number of ether oxygens (including phenoxy) is 1. The Morgan fingerprint density at radius 3 is 2.25 bits per heavy atom. The van der Waals surface area contributed by atoms with E-state index in [4.69, 9.17) is 27.9 Å². The van der Waals surface area contributed by atoms with E-state index in [2.05, 4.69) is 0 Å². The monoisotopic (exact) mass is 252 g/mol. The van der Waals surface area contributed by atoms with Crippen LogP contribution in [0.5, 0.6) is 5.75 Å². The van der Waals surface area contributed by atoms with Crippen LogP contribution >= 0.6 is 23.2 Å². The van der Waals surface area contributed by atoms with Gasteiger partial charge in [0.2, 0.25) is 0 Å². The summed E-state index contributed by atoms with van der Waals surface area (Å²) in [5, 5.41) is 1.14. The Balaban J connectivity index is 2.46. The topological polar surface area (TPSA) is 9.23 Å². The fourth-order valence-corrected chi connectivity index (χ4v) is 1.91. The molecule has 0 aromatic heterocycles. The summed E-state index contributed by atoms with van der Waals surface area (Å²) in [4.78, 5) is 0. The predicted molar refractivity (Wildman–Crippen MR) is 68.5 cm³/mol. The lowest BCUT2D eigenvalue weighted by Crippen LogP contribution is -1.83. The van der Waals surface area contributed by atoms with E-state index in [0.29, 0.717) is 10.0 Å². The number of hydrogen-bond donors (Lipinski definition) is 0. The lowest BCUT2D eigenvalue weighted by atomic mass is 10.1. The van der Waals surface area contributed by atoms with Gasteiger partial charge >= 0.3 is 0 Å². The summed E-state index contributed by atoms with van der Waals surface area (Å²) in [6.07, 6.45) is 0. The van der Waals surface area contributed by atoms with Gasteiger partial charge in [0, 0.05) is 5.56 Å². The van der Waals surface area contributed by atoms with Crippen LogP contribution in [-0.4, -0.2) is 7.11 Å². The maximum Gasteiger partial charge on any atom is 0.118 e. The van der Waals surface area contributed by atoms with Crippen LogP contribution in [0.25, 0.3) is 11.1 Å². The molecule has 0 bridgehead atoms. The summed E-state index contributed by atoms with van der Waals surface area (Å²) in [5.41, 5.74) is 1.95. The summed E-state index contributed by atoms with van der Waals surface area (Å²) < 4.78 is 5.10. The van der Waals surface area contributed by atoms with Crippen LogP contribution < -0.4 is 4.74 Å². The van der Waals surface area contributed by atoms with E-state index in [0.717, 1.165) is 16.9 Å². The average molecular weight is 253 g/mol. The molecule has 0 radical (unpaired) electrons. The van der Waals surface area contributed by atoms with Gasteiger partial charge in [-0.2, -0.15) is 0 Å². The molecule has 2 aromatic rings. The van der Waals surface area contributed by atoms with Crippen LogP contribution in [0.3, 0.4) is 0 Å². The standard InChI is InChI=1S/C13H10Cl2O/c1-16-10-7-5-9(6-8-10)11-3-2-4-12(14)13(11)15/h2-8H,1H3. The third kappa shape index (κ3) is 2.16. The number of halogens is 2. The molecule has 1 nitrogen and oxygen atoms in total. The van der Waals surface area contributed by atoms with Crippen LogP contribution in [0.15, 0.2) is 42.5 Å². The van der Waals surface area contributed by atoms with E-state index in [1.807, 2.05) is 36.4 Å². The molecule has 0 unspecified atom stereocenters. The van der Waals surface area contributed by atoms with Gasteiger partial charge in [0.25, 0.3) is 0 Å². The zero-order chi connectivity index (χ0) is 11.5. The molecule has 0 spiro atoms. The van der Waals surface area contributed by atoms with Crippen molar-refractivity contribution in [2.75, 3.05) is 7.11 Å². The minimum absolute atomic E-state index is 0.565. The molecule has 0 saturated carbocycles. The van der Waals surface area contributed by atoms with Crippen molar-refractivity contribution < 1.29 is 4.74 Å². The van der Waals surface area contributed by atoms with Crippen LogP contribution in [0.1, 0.15) is 0 Å². The first-order valence-electron chi connectivity index (χ1n) is 4.81. The quantitative estimate of drug-likeness (QED) is 0.755. The normalized spacial score (nSPS) is 10.2. The Hall–Kier alpha value is -1.18. The lowest BCUT2D eigenvalue weighted by molar-refractivity contribution is 0.415. The van der Waals surface area contributed by atoms with Gasteiger partial charge in [0.1, 0.15) is 5.75 Å². The molecule has 0 aliphatic rings. The van der Waals surface area contributed by atoms with E-state index < -0.39 is 0 Å². The summed E-state index contributed by atoms with van der Waals surface area (Å²) in [6.45, 7) is 0. The van der Waals surface area contributed by atoms with E-state index in [1.54, 1.807) is 13.2 Å². The molecule has 0 atom stereocenters. The Labute approximate surface area is 105 Å². The van der Waals surface area contributed by atoms with Crippen molar-refractivity contribution in [3.63, 3.8) is 0 Å². The number of rotatable bonds is 2. The number of benzene rings is 2. The summed E-state index contributed by atoms with van der Waals surface area (Å²) in [5.74, 6) is 0.821. The van der Waals surface area contributed by atoms with Gasteiger partial charge in [0.05, 0.1) is 17.2 Å². The zero-order valence-corrected chi connectivity index (χ0v) is 10.2. The van der Waals surface area contributed by atoms with E-state index in [-0.39, 0.29) is 0 Å². The summed E-state index contributed by atoms with van der Waals surface area (Å²) in [6, 6.07) is 13.3. The van der Waals surface area contributed by atoms with Crippen molar-refractivity contribution in [2.24, 2.45) is 0 Å². The molecule has 0 saturated heterocycles. The smallest absolute Gasteiger partial charge is 0.118 e. The largest absolute Gasteiger partial charge is 0.497 e. The minimum atomic E-state index is 0.565. The van der Waals surface area contributed by atoms with Gasteiger partial charge < -0.3 is 4.74 Å². The van der Waals surface area contributed by atoms with Crippen molar-refractivity contribution in [1.82, 2.24) is 0 Å². The molecular formula is C13H10Cl2O. The number of methoxy groups -OCH3 is 1. The van der Waals surface area contributed by atoms with Gasteiger partial charge in [0.15, 0.2) is 0 Å². The van der Waals surface area contributed by atoms with Crippen LogP contribution in [0, 0.1) is 0 Å². The van der Waals surface area contributed by atoms with Crippen molar-refractivity contribution in [1.29, 1.82) is 0 Å². The third-order valence-electron chi connectivity index (χ3n) is 2.35. The molecule has 0 fully saturated rings. The second-order valence-electron chi connectivity index (χ2n) is 3.33. The first kappa shape index (κ1) is 11.3. The highest BCUT2D eigenvalue weighted by molar-refractivity contribution is 6.43. The van der Waals surface area contributed by atoms with Crippen LogP contribution in [0.2, 0.25) is 10.0 Å². The fraction of sp³-hybridized carbons (Fsp3) is 0.0769. The van der Waals surface area contributed by atoms with Gasteiger partial charge in [-0.1, -0.05) is 47.5 Å². The molecule has 16 heavy (non-hydrogen) atoms. The fourth-order valence-electron chi connectivity index (χ4n) is 1.50. The minimum Gasteiger partial charge on any atom is -0.497 e. The summed E-state index contributed by atoms with van der Waals surface area (Å²) >= 11 is 12.1. The Morgan fingerprint density at radius 2 is 1.62 bits per heavy atom. The summed E-state index contributed by atoms with van der Waals surface area (Å²) in [7, 11) is 1.64. The van der Waals surface area contributed by atoms with Gasteiger partial charge in [-0.3, -0.25) is 0 Å². The van der Waals surface area contributed by atoms with Crippen molar-refractivity contribution in [2.45, 2.75) is 0 Å². The van der Waals surface area contributed by atoms with E-state index in [9.17, 15) is 0 Å². The molecule has 0 N–H and O–H groups in total. The molecular weight excluding hydrogens is 243 g/mol. The highest BCUT2D eigenvalue weighted by Crippen LogP contribution is 2.33. The first-order valence-corrected chi connectivity index (χ1v) is 5.56. The first-order chi connectivity index (χ1) is 7.72. The molecule has 0 aliphatic heterocycles. The highest BCUT2D eigenvalue weighted by atomic mass is 35.5. The number of hydrogen-bond acceptors (Lipinski definition) is 1.